The lowest BCUT2D eigenvalue weighted by Crippen LogP contribution is -2.32. The molecule has 0 unspecified atom stereocenters. The van der Waals surface area contributed by atoms with Crippen LogP contribution in [-0.2, 0) is 14.3 Å². The number of nitrogens with one attached hydrogen (secondary N) is 1. The number of carbonyl (C=O) groups is 3. The third kappa shape index (κ3) is 8.35. The fraction of sp³-hybridized carbons (Fsp3) is 0.381. The molecule has 1 amide bonds. The minimum Gasteiger partial charge on any atom is -0.494 e. The number of ether oxygens (including phenoxy) is 3. The third-order valence-electron chi connectivity index (χ3n) is 3.76. The second-order valence-corrected chi connectivity index (χ2v) is 7.38. The van der Waals surface area contributed by atoms with Crippen LogP contribution in [0.15, 0.2) is 36.4 Å². The van der Waals surface area contributed by atoms with Gasteiger partial charge >= 0.3 is 5.97 Å². The number of hydrogen-bond donors (Lipinski definition) is 1. The number of aryl methyl sites for hydroxylation is 1. The van der Waals surface area contributed by atoms with Gasteiger partial charge in [-0.2, -0.15) is 0 Å². The van der Waals surface area contributed by atoms with E-state index in [4.69, 9.17) is 14.2 Å². The minimum absolute atomic E-state index is 0.0517. The van der Waals surface area contributed by atoms with Crippen molar-refractivity contribution >= 4 is 29.0 Å². The van der Waals surface area contributed by atoms with E-state index in [-0.39, 0.29) is 38.4 Å². The first-order valence-electron chi connectivity index (χ1n) is 9.35. The normalized spacial score (nSPS) is 10.3. The Morgan fingerprint density at radius 1 is 0.966 bits per heavy atom. The standard InChI is InChI=1S/C21H25NO6S/c1-3-26-16-5-7-17(8-6-16)27-13-12-22-20(24)14-28-21(25)11-9-18(23)19-10-4-15(2)29-19/h4-8,10H,3,9,11-14H2,1-2H3,(H,22,24). The first-order chi connectivity index (χ1) is 14.0. The molecule has 1 aromatic heterocycles. The van der Waals surface area contributed by atoms with E-state index in [2.05, 4.69) is 5.32 Å². The number of amides is 1. The monoisotopic (exact) mass is 419 g/mol. The van der Waals surface area contributed by atoms with Crippen molar-refractivity contribution in [1.29, 1.82) is 0 Å². The molecule has 0 aliphatic rings. The number of thiophene rings is 1. The molecule has 0 spiro atoms. The first kappa shape index (κ1) is 22.4. The maximum absolute atomic E-state index is 11.9. The lowest BCUT2D eigenvalue weighted by atomic mass is 10.2. The number of benzene rings is 1. The molecule has 2 aromatic rings. The molecule has 2 rings (SSSR count). The molecular formula is C21H25NO6S. The maximum atomic E-state index is 11.9. The van der Waals surface area contributed by atoms with Crippen LogP contribution in [0, 0.1) is 6.92 Å². The van der Waals surface area contributed by atoms with E-state index in [9.17, 15) is 14.4 Å². The van der Waals surface area contributed by atoms with E-state index >= 15 is 0 Å². The van der Waals surface area contributed by atoms with Gasteiger partial charge in [0.25, 0.3) is 5.91 Å². The van der Waals surface area contributed by atoms with Crippen LogP contribution in [0.3, 0.4) is 0 Å². The van der Waals surface area contributed by atoms with Crippen LogP contribution < -0.4 is 14.8 Å². The Kier molecular flexibility index (Phi) is 9.17. The van der Waals surface area contributed by atoms with Gasteiger partial charge < -0.3 is 19.5 Å². The fourth-order valence-electron chi connectivity index (χ4n) is 2.35. The van der Waals surface area contributed by atoms with E-state index in [1.807, 2.05) is 19.9 Å². The van der Waals surface area contributed by atoms with Gasteiger partial charge in [-0.25, -0.2) is 0 Å². The molecule has 0 fully saturated rings. The molecular weight excluding hydrogens is 394 g/mol. The molecule has 0 radical (unpaired) electrons. The van der Waals surface area contributed by atoms with Gasteiger partial charge in [-0.05, 0) is 50.2 Å². The van der Waals surface area contributed by atoms with Gasteiger partial charge in [0.15, 0.2) is 12.4 Å². The summed E-state index contributed by atoms with van der Waals surface area (Å²) >= 11 is 1.39. The van der Waals surface area contributed by atoms with Crippen molar-refractivity contribution in [3.05, 3.63) is 46.2 Å². The second-order valence-electron chi connectivity index (χ2n) is 6.10. The van der Waals surface area contributed by atoms with Crippen molar-refractivity contribution in [2.24, 2.45) is 0 Å². The van der Waals surface area contributed by atoms with Gasteiger partial charge in [0.2, 0.25) is 0 Å². The third-order valence-corrected chi connectivity index (χ3v) is 4.81. The molecule has 29 heavy (non-hydrogen) atoms. The Bertz CT molecular complexity index is 815. The van der Waals surface area contributed by atoms with Crippen LogP contribution >= 0.6 is 11.3 Å². The number of esters is 1. The van der Waals surface area contributed by atoms with Crippen molar-refractivity contribution in [2.45, 2.75) is 26.7 Å². The van der Waals surface area contributed by atoms with E-state index in [1.165, 1.54) is 11.3 Å². The predicted molar refractivity (Wildman–Crippen MR) is 110 cm³/mol. The van der Waals surface area contributed by atoms with Gasteiger partial charge in [0.05, 0.1) is 24.4 Å². The van der Waals surface area contributed by atoms with Crippen molar-refractivity contribution in [3.8, 4) is 11.5 Å². The average Bonchev–Trinajstić information content (AvgIpc) is 3.15. The molecule has 0 saturated carbocycles. The zero-order chi connectivity index (χ0) is 21.1. The van der Waals surface area contributed by atoms with E-state index in [0.717, 1.165) is 10.6 Å². The SMILES string of the molecule is CCOc1ccc(OCCNC(=O)COC(=O)CCC(=O)c2ccc(C)s2)cc1. The number of carbonyl (C=O) groups excluding carboxylic acids is 3. The van der Waals surface area contributed by atoms with Crippen molar-refractivity contribution < 1.29 is 28.6 Å². The van der Waals surface area contributed by atoms with Crippen molar-refractivity contribution in [2.75, 3.05) is 26.4 Å². The number of hydrogen-bond acceptors (Lipinski definition) is 7. The second kappa shape index (κ2) is 11.9. The zero-order valence-corrected chi connectivity index (χ0v) is 17.4. The molecule has 0 aliphatic heterocycles. The topological polar surface area (TPSA) is 90.9 Å². The predicted octanol–water partition coefficient (Wildman–Crippen LogP) is 3.16. The highest BCUT2D eigenvalue weighted by molar-refractivity contribution is 7.14. The Morgan fingerprint density at radius 2 is 1.66 bits per heavy atom. The summed E-state index contributed by atoms with van der Waals surface area (Å²) in [5.74, 6) is 0.333. The molecule has 156 valence electrons. The van der Waals surface area contributed by atoms with Gasteiger partial charge in [0, 0.05) is 11.3 Å². The molecule has 1 aromatic carbocycles. The Labute approximate surface area is 174 Å². The van der Waals surface area contributed by atoms with Crippen LogP contribution in [0.25, 0.3) is 0 Å². The van der Waals surface area contributed by atoms with E-state index in [0.29, 0.717) is 17.2 Å². The van der Waals surface area contributed by atoms with Crippen LogP contribution in [-0.4, -0.2) is 44.0 Å². The summed E-state index contributed by atoms with van der Waals surface area (Å²) in [5.41, 5.74) is 0. The number of rotatable bonds is 12. The highest BCUT2D eigenvalue weighted by Gasteiger charge is 2.13. The summed E-state index contributed by atoms with van der Waals surface area (Å²) in [6, 6.07) is 10.8. The number of ketones is 1. The molecule has 0 bridgehead atoms. The van der Waals surface area contributed by atoms with Crippen LogP contribution in [0.1, 0.15) is 34.3 Å². The van der Waals surface area contributed by atoms with Crippen LogP contribution in [0.5, 0.6) is 11.5 Å². The Hall–Kier alpha value is -2.87. The first-order valence-corrected chi connectivity index (χ1v) is 10.2. The lowest BCUT2D eigenvalue weighted by molar-refractivity contribution is -0.148. The largest absolute Gasteiger partial charge is 0.494 e. The summed E-state index contributed by atoms with van der Waals surface area (Å²) in [5, 5.41) is 2.60. The Balaban J connectivity index is 1.55. The summed E-state index contributed by atoms with van der Waals surface area (Å²) in [6.07, 6.45) is 0.0141. The van der Waals surface area contributed by atoms with Gasteiger partial charge in [-0.1, -0.05) is 0 Å². The molecule has 0 atom stereocenters. The van der Waals surface area contributed by atoms with E-state index in [1.54, 1.807) is 30.3 Å². The van der Waals surface area contributed by atoms with Gasteiger partial charge in [-0.3, -0.25) is 14.4 Å². The average molecular weight is 419 g/mol. The maximum Gasteiger partial charge on any atom is 0.306 e. The highest BCUT2D eigenvalue weighted by Crippen LogP contribution is 2.18. The molecule has 0 saturated heterocycles. The number of Topliss-reactive ketones (excluding diaryl/α,β-unsaturated/α-hetero) is 1. The molecule has 0 aliphatic carbocycles. The summed E-state index contributed by atoms with van der Waals surface area (Å²) in [6.45, 7) is 4.60. The molecule has 1 N–H and O–H groups in total. The van der Waals surface area contributed by atoms with Gasteiger partial charge in [-0.15, -0.1) is 11.3 Å². The van der Waals surface area contributed by atoms with Crippen LogP contribution in [0.2, 0.25) is 0 Å². The van der Waals surface area contributed by atoms with Gasteiger partial charge in [0.1, 0.15) is 18.1 Å². The highest BCUT2D eigenvalue weighted by atomic mass is 32.1. The molecule has 8 heteroatoms. The lowest BCUT2D eigenvalue weighted by Gasteiger charge is -2.09. The fourth-order valence-corrected chi connectivity index (χ4v) is 3.19. The van der Waals surface area contributed by atoms with Crippen molar-refractivity contribution in [3.63, 3.8) is 0 Å². The summed E-state index contributed by atoms with van der Waals surface area (Å²) in [7, 11) is 0. The zero-order valence-electron chi connectivity index (χ0n) is 16.6. The quantitative estimate of drug-likeness (QED) is 0.323. The molecule has 1 heterocycles. The van der Waals surface area contributed by atoms with E-state index < -0.39 is 11.9 Å². The van der Waals surface area contributed by atoms with Crippen LogP contribution in [0.4, 0.5) is 0 Å². The molecule has 7 nitrogen and oxygen atoms in total. The van der Waals surface area contributed by atoms with Crippen molar-refractivity contribution in [1.82, 2.24) is 5.32 Å². The summed E-state index contributed by atoms with van der Waals surface area (Å²) < 4.78 is 15.7. The summed E-state index contributed by atoms with van der Waals surface area (Å²) in [4.78, 5) is 37.0. The Morgan fingerprint density at radius 3 is 2.28 bits per heavy atom. The minimum atomic E-state index is -0.576. The smallest absolute Gasteiger partial charge is 0.306 e.